The van der Waals surface area contributed by atoms with Crippen LogP contribution in [-0.4, -0.2) is 22.4 Å². The minimum Gasteiger partial charge on any atom is -0.484 e. The first-order chi connectivity index (χ1) is 10.6. The molecule has 2 rings (SSSR count). The first-order valence-electron chi connectivity index (χ1n) is 6.64. The van der Waals surface area contributed by atoms with E-state index in [9.17, 15) is 14.9 Å². The van der Waals surface area contributed by atoms with E-state index in [4.69, 9.17) is 4.74 Å². The number of nitro groups is 1. The highest BCUT2D eigenvalue weighted by atomic mass is 16.6. The summed E-state index contributed by atoms with van der Waals surface area (Å²) >= 11 is 0. The molecule has 1 N–H and O–H groups in total. The molecule has 0 saturated carbocycles. The van der Waals surface area contributed by atoms with Crippen LogP contribution in [0, 0.1) is 10.1 Å². The summed E-state index contributed by atoms with van der Waals surface area (Å²) in [5.74, 6) is 0.0998. The molecule has 0 bridgehead atoms. The normalized spacial score (nSPS) is 11.5. The lowest BCUT2D eigenvalue weighted by atomic mass is 10.2. The van der Waals surface area contributed by atoms with Crippen molar-refractivity contribution in [2.45, 2.75) is 13.0 Å². The molecule has 0 aliphatic carbocycles. The fourth-order valence-corrected chi connectivity index (χ4v) is 1.80. The first-order valence-corrected chi connectivity index (χ1v) is 6.64. The lowest BCUT2D eigenvalue weighted by Gasteiger charge is -2.13. The number of pyridine rings is 1. The zero-order valence-corrected chi connectivity index (χ0v) is 11.9. The van der Waals surface area contributed by atoms with Gasteiger partial charge in [-0.25, -0.2) is 0 Å². The Hall–Kier alpha value is -2.96. The van der Waals surface area contributed by atoms with Gasteiger partial charge in [0.2, 0.25) is 0 Å². The van der Waals surface area contributed by atoms with Crippen molar-refractivity contribution in [3.8, 4) is 5.75 Å². The second-order valence-corrected chi connectivity index (χ2v) is 4.58. The first kappa shape index (κ1) is 15.4. The zero-order chi connectivity index (χ0) is 15.9. The number of nitrogens with one attached hydrogen (secondary N) is 1. The van der Waals surface area contributed by atoms with E-state index in [1.807, 2.05) is 19.1 Å². The molecule has 0 aliphatic heterocycles. The lowest BCUT2D eigenvalue weighted by Crippen LogP contribution is -2.31. The third kappa shape index (κ3) is 4.27. The highest BCUT2D eigenvalue weighted by Crippen LogP contribution is 2.17. The van der Waals surface area contributed by atoms with Crippen LogP contribution in [0.1, 0.15) is 18.7 Å². The van der Waals surface area contributed by atoms with Crippen molar-refractivity contribution in [3.63, 3.8) is 0 Å². The molecule has 1 atom stereocenters. The highest BCUT2D eigenvalue weighted by molar-refractivity contribution is 5.77. The van der Waals surface area contributed by atoms with Gasteiger partial charge in [0.15, 0.2) is 6.61 Å². The van der Waals surface area contributed by atoms with Crippen LogP contribution in [0.15, 0.2) is 48.7 Å². The van der Waals surface area contributed by atoms with Crippen molar-refractivity contribution in [2.75, 3.05) is 6.61 Å². The molecule has 1 aromatic carbocycles. The Morgan fingerprint density at radius 1 is 1.32 bits per heavy atom. The summed E-state index contributed by atoms with van der Waals surface area (Å²) in [6, 6.07) is 10.8. The van der Waals surface area contributed by atoms with Gasteiger partial charge in [0, 0.05) is 18.3 Å². The maximum absolute atomic E-state index is 11.8. The van der Waals surface area contributed by atoms with Crippen molar-refractivity contribution in [2.24, 2.45) is 0 Å². The number of amides is 1. The van der Waals surface area contributed by atoms with Crippen LogP contribution in [-0.2, 0) is 4.79 Å². The van der Waals surface area contributed by atoms with Gasteiger partial charge < -0.3 is 10.1 Å². The monoisotopic (exact) mass is 301 g/mol. The maximum Gasteiger partial charge on any atom is 0.269 e. The minimum absolute atomic E-state index is 0.0272. The van der Waals surface area contributed by atoms with Crippen molar-refractivity contribution < 1.29 is 14.5 Å². The summed E-state index contributed by atoms with van der Waals surface area (Å²) in [6.45, 7) is 1.65. The molecule has 2 aromatic rings. The molecule has 7 heteroatoms. The number of nitrogens with zero attached hydrogens (tertiary/aromatic N) is 2. The number of hydrogen-bond acceptors (Lipinski definition) is 5. The SMILES string of the molecule is CC(NC(=O)COc1ccc([N+](=O)[O-])cc1)c1ccccn1. The summed E-state index contributed by atoms with van der Waals surface area (Å²) in [5.41, 5.74) is 0.728. The molecule has 0 spiro atoms. The van der Waals surface area contributed by atoms with Gasteiger partial charge >= 0.3 is 0 Å². The minimum atomic E-state index is -0.495. The fraction of sp³-hybridized carbons (Fsp3) is 0.200. The van der Waals surface area contributed by atoms with Gasteiger partial charge in [-0.2, -0.15) is 0 Å². The maximum atomic E-state index is 11.8. The van der Waals surface area contributed by atoms with Crippen LogP contribution >= 0.6 is 0 Å². The van der Waals surface area contributed by atoms with E-state index in [2.05, 4.69) is 10.3 Å². The highest BCUT2D eigenvalue weighted by Gasteiger charge is 2.11. The smallest absolute Gasteiger partial charge is 0.269 e. The van der Waals surface area contributed by atoms with Crippen molar-refractivity contribution in [1.29, 1.82) is 0 Å². The van der Waals surface area contributed by atoms with E-state index >= 15 is 0 Å². The summed E-state index contributed by atoms with van der Waals surface area (Å²) in [6.07, 6.45) is 1.66. The average Bonchev–Trinajstić information content (AvgIpc) is 2.54. The van der Waals surface area contributed by atoms with Crippen molar-refractivity contribution in [3.05, 3.63) is 64.5 Å². The van der Waals surface area contributed by atoms with E-state index in [1.165, 1.54) is 24.3 Å². The van der Waals surface area contributed by atoms with Gasteiger partial charge in [0.25, 0.3) is 11.6 Å². The largest absolute Gasteiger partial charge is 0.484 e. The van der Waals surface area contributed by atoms with Gasteiger partial charge in [-0.3, -0.25) is 19.9 Å². The molecule has 0 fully saturated rings. The molecule has 0 saturated heterocycles. The van der Waals surface area contributed by atoms with Crippen LogP contribution in [0.2, 0.25) is 0 Å². The van der Waals surface area contributed by atoms with Crippen molar-refractivity contribution >= 4 is 11.6 Å². The molecule has 1 aromatic heterocycles. The summed E-state index contributed by atoms with van der Waals surface area (Å²) < 4.78 is 5.28. The molecule has 0 aliphatic rings. The third-order valence-corrected chi connectivity index (χ3v) is 2.93. The molecule has 1 unspecified atom stereocenters. The second kappa shape index (κ2) is 7.16. The Morgan fingerprint density at radius 2 is 2.05 bits per heavy atom. The Labute approximate surface area is 127 Å². The third-order valence-electron chi connectivity index (χ3n) is 2.93. The van der Waals surface area contributed by atoms with Gasteiger partial charge in [-0.05, 0) is 31.2 Å². The summed E-state index contributed by atoms with van der Waals surface area (Å²) in [5, 5.41) is 13.3. The van der Waals surface area contributed by atoms with Gasteiger partial charge in [0.1, 0.15) is 5.75 Å². The lowest BCUT2D eigenvalue weighted by molar-refractivity contribution is -0.384. The number of benzene rings is 1. The van der Waals surface area contributed by atoms with Crippen LogP contribution in [0.25, 0.3) is 0 Å². The Morgan fingerprint density at radius 3 is 2.64 bits per heavy atom. The predicted molar refractivity (Wildman–Crippen MR) is 79.4 cm³/mol. The van der Waals surface area contributed by atoms with E-state index in [0.29, 0.717) is 5.75 Å². The van der Waals surface area contributed by atoms with Crippen LogP contribution in [0.5, 0.6) is 5.75 Å². The molecule has 1 amide bonds. The number of aromatic nitrogens is 1. The molecular weight excluding hydrogens is 286 g/mol. The molecule has 0 radical (unpaired) electrons. The molecule has 1 heterocycles. The number of non-ortho nitro benzene ring substituents is 1. The Kier molecular flexibility index (Phi) is 5.02. The number of ether oxygens (including phenoxy) is 1. The van der Waals surface area contributed by atoms with Crippen molar-refractivity contribution in [1.82, 2.24) is 10.3 Å². The van der Waals surface area contributed by atoms with E-state index in [-0.39, 0.29) is 24.2 Å². The van der Waals surface area contributed by atoms with E-state index in [0.717, 1.165) is 5.69 Å². The average molecular weight is 301 g/mol. The quantitative estimate of drug-likeness (QED) is 0.652. The Balaban J connectivity index is 1.83. The van der Waals surface area contributed by atoms with E-state index < -0.39 is 4.92 Å². The summed E-state index contributed by atoms with van der Waals surface area (Å²) in [7, 11) is 0. The second-order valence-electron chi connectivity index (χ2n) is 4.58. The number of carbonyl (C=O) groups is 1. The predicted octanol–water partition coefficient (Wildman–Crippen LogP) is 2.25. The Bertz CT molecular complexity index is 644. The number of rotatable bonds is 6. The van der Waals surface area contributed by atoms with Gasteiger partial charge in [0.05, 0.1) is 16.7 Å². The van der Waals surface area contributed by atoms with Crippen LogP contribution < -0.4 is 10.1 Å². The molecule has 22 heavy (non-hydrogen) atoms. The zero-order valence-electron chi connectivity index (χ0n) is 11.9. The summed E-state index contributed by atoms with van der Waals surface area (Å²) in [4.78, 5) is 26.0. The van der Waals surface area contributed by atoms with Crippen LogP contribution in [0.4, 0.5) is 5.69 Å². The number of nitro benzene ring substituents is 1. The molecule has 114 valence electrons. The topological polar surface area (TPSA) is 94.4 Å². The number of hydrogen-bond donors (Lipinski definition) is 1. The standard InChI is InChI=1S/C15H15N3O4/c1-11(14-4-2-3-9-16-14)17-15(19)10-22-13-7-5-12(6-8-13)18(20)21/h2-9,11H,10H2,1H3,(H,17,19). The van der Waals surface area contributed by atoms with Gasteiger partial charge in [-0.15, -0.1) is 0 Å². The number of carbonyl (C=O) groups excluding carboxylic acids is 1. The van der Waals surface area contributed by atoms with E-state index in [1.54, 1.807) is 12.3 Å². The van der Waals surface area contributed by atoms with Crippen LogP contribution in [0.3, 0.4) is 0 Å². The fourth-order valence-electron chi connectivity index (χ4n) is 1.80. The van der Waals surface area contributed by atoms with Gasteiger partial charge in [-0.1, -0.05) is 6.07 Å². The molecular formula is C15H15N3O4. The molecule has 7 nitrogen and oxygen atoms in total.